The Labute approximate surface area is 102 Å². The molecule has 16 heavy (non-hydrogen) atoms. The van der Waals surface area contributed by atoms with Gasteiger partial charge in [0.15, 0.2) is 0 Å². The smallest absolute Gasteiger partial charge is 0.122 e. The molecule has 0 atom stereocenters. The number of halogens is 1. The Morgan fingerprint density at radius 3 is 2.62 bits per heavy atom. The third kappa shape index (κ3) is 3.91. The van der Waals surface area contributed by atoms with Crippen LogP contribution in [0.1, 0.15) is 5.56 Å². The molecule has 0 bridgehead atoms. The normalized spacial score (nSPS) is 10.2. The van der Waals surface area contributed by atoms with Crippen LogP contribution in [0.5, 0.6) is 11.5 Å². The second-order valence-electron chi connectivity index (χ2n) is 3.37. The number of rotatable bonds is 7. The molecule has 1 aromatic rings. The minimum absolute atomic E-state index is 0.634. The minimum Gasteiger partial charge on any atom is -0.497 e. The van der Waals surface area contributed by atoms with Gasteiger partial charge in [-0.2, -0.15) is 0 Å². The van der Waals surface area contributed by atoms with Crippen molar-refractivity contribution in [1.82, 2.24) is 5.32 Å². The van der Waals surface area contributed by atoms with E-state index in [1.807, 2.05) is 18.2 Å². The summed E-state index contributed by atoms with van der Waals surface area (Å²) in [5.74, 6) is 2.39. The Kier molecular flexibility index (Phi) is 6.04. The first-order valence-electron chi connectivity index (χ1n) is 5.29. The molecule has 0 spiro atoms. The van der Waals surface area contributed by atoms with Crippen LogP contribution in [0.15, 0.2) is 18.2 Å². The molecule has 0 aromatic heterocycles. The van der Waals surface area contributed by atoms with E-state index in [9.17, 15) is 0 Å². The predicted octanol–water partition coefficient (Wildman–Crippen LogP) is 2.07. The standard InChI is InChI=1S/C12H18ClNO2/c1-15-11-3-4-12(16-2)10(9-11)5-7-14-8-6-13/h3-4,9,14H,5-8H2,1-2H3. The van der Waals surface area contributed by atoms with Crippen LogP contribution >= 0.6 is 11.6 Å². The van der Waals surface area contributed by atoms with Gasteiger partial charge in [0.1, 0.15) is 11.5 Å². The second kappa shape index (κ2) is 7.36. The number of nitrogens with one attached hydrogen (secondary N) is 1. The van der Waals surface area contributed by atoms with E-state index in [2.05, 4.69) is 5.32 Å². The Bertz CT molecular complexity index is 318. The number of methoxy groups -OCH3 is 2. The molecular weight excluding hydrogens is 226 g/mol. The zero-order chi connectivity index (χ0) is 11.8. The summed E-state index contributed by atoms with van der Waals surface area (Å²) < 4.78 is 10.5. The highest BCUT2D eigenvalue weighted by Gasteiger charge is 2.04. The number of hydrogen-bond donors (Lipinski definition) is 1. The first-order valence-corrected chi connectivity index (χ1v) is 5.83. The Morgan fingerprint density at radius 1 is 1.19 bits per heavy atom. The first-order chi connectivity index (χ1) is 7.81. The van der Waals surface area contributed by atoms with E-state index >= 15 is 0 Å². The molecule has 0 aliphatic heterocycles. The van der Waals surface area contributed by atoms with Gasteiger partial charge in [-0.15, -0.1) is 11.6 Å². The predicted molar refractivity (Wildman–Crippen MR) is 66.8 cm³/mol. The van der Waals surface area contributed by atoms with Crippen molar-refractivity contribution >= 4 is 11.6 Å². The van der Waals surface area contributed by atoms with Crippen LogP contribution < -0.4 is 14.8 Å². The van der Waals surface area contributed by atoms with Crippen LogP contribution in [0.4, 0.5) is 0 Å². The van der Waals surface area contributed by atoms with Gasteiger partial charge in [0, 0.05) is 12.4 Å². The van der Waals surface area contributed by atoms with Gasteiger partial charge in [0.2, 0.25) is 0 Å². The molecule has 0 radical (unpaired) electrons. The van der Waals surface area contributed by atoms with E-state index < -0.39 is 0 Å². The van der Waals surface area contributed by atoms with E-state index in [0.29, 0.717) is 5.88 Å². The van der Waals surface area contributed by atoms with Gasteiger partial charge in [-0.1, -0.05) is 0 Å². The third-order valence-corrected chi connectivity index (χ3v) is 2.52. The molecular formula is C12H18ClNO2. The van der Waals surface area contributed by atoms with Gasteiger partial charge in [-0.05, 0) is 36.7 Å². The molecule has 1 aromatic carbocycles. The molecule has 3 nitrogen and oxygen atoms in total. The zero-order valence-electron chi connectivity index (χ0n) is 9.75. The number of hydrogen-bond acceptors (Lipinski definition) is 3. The Balaban J connectivity index is 2.60. The molecule has 0 aliphatic rings. The van der Waals surface area contributed by atoms with Crippen molar-refractivity contribution in [1.29, 1.82) is 0 Å². The van der Waals surface area contributed by atoms with Crippen molar-refractivity contribution in [2.45, 2.75) is 6.42 Å². The molecule has 0 amide bonds. The van der Waals surface area contributed by atoms with Crippen molar-refractivity contribution < 1.29 is 9.47 Å². The van der Waals surface area contributed by atoms with Crippen LogP contribution in [0, 0.1) is 0 Å². The summed E-state index contributed by atoms with van der Waals surface area (Å²) in [6, 6.07) is 5.82. The maximum atomic E-state index is 5.58. The Hall–Kier alpha value is -0.930. The molecule has 0 saturated carbocycles. The van der Waals surface area contributed by atoms with E-state index in [4.69, 9.17) is 21.1 Å². The van der Waals surface area contributed by atoms with E-state index in [0.717, 1.165) is 36.6 Å². The van der Waals surface area contributed by atoms with Crippen LogP contribution in [-0.2, 0) is 6.42 Å². The van der Waals surface area contributed by atoms with Crippen LogP contribution in [0.25, 0.3) is 0 Å². The van der Waals surface area contributed by atoms with Gasteiger partial charge in [0.05, 0.1) is 14.2 Å². The summed E-state index contributed by atoms with van der Waals surface area (Å²) in [7, 11) is 3.34. The van der Waals surface area contributed by atoms with Crippen molar-refractivity contribution in [3.8, 4) is 11.5 Å². The monoisotopic (exact) mass is 243 g/mol. The first kappa shape index (κ1) is 13.1. The summed E-state index contributed by atoms with van der Waals surface area (Å²) in [5, 5.41) is 3.24. The average molecular weight is 244 g/mol. The van der Waals surface area contributed by atoms with Crippen LogP contribution in [-0.4, -0.2) is 33.2 Å². The third-order valence-electron chi connectivity index (χ3n) is 2.33. The Morgan fingerprint density at radius 2 is 2.00 bits per heavy atom. The maximum Gasteiger partial charge on any atom is 0.122 e. The fourth-order valence-electron chi connectivity index (χ4n) is 1.49. The second-order valence-corrected chi connectivity index (χ2v) is 3.74. The molecule has 0 unspecified atom stereocenters. The van der Waals surface area contributed by atoms with Gasteiger partial charge < -0.3 is 14.8 Å². The summed E-state index contributed by atoms with van der Waals surface area (Å²) >= 11 is 5.58. The van der Waals surface area contributed by atoms with Crippen molar-refractivity contribution in [2.24, 2.45) is 0 Å². The molecule has 1 N–H and O–H groups in total. The van der Waals surface area contributed by atoms with Crippen molar-refractivity contribution in [2.75, 3.05) is 33.2 Å². The summed E-state index contributed by atoms with van der Waals surface area (Å²) in [6.45, 7) is 1.71. The highest BCUT2D eigenvalue weighted by atomic mass is 35.5. The lowest BCUT2D eigenvalue weighted by atomic mass is 10.1. The van der Waals surface area contributed by atoms with Crippen LogP contribution in [0.2, 0.25) is 0 Å². The van der Waals surface area contributed by atoms with Gasteiger partial charge in [-0.3, -0.25) is 0 Å². The highest BCUT2D eigenvalue weighted by Crippen LogP contribution is 2.23. The SMILES string of the molecule is COc1ccc(OC)c(CCNCCCl)c1. The fourth-order valence-corrected chi connectivity index (χ4v) is 1.63. The summed E-state index contributed by atoms with van der Waals surface area (Å²) in [6.07, 6.45) is 0.900. The molecule has 1 rings (SSSR count). The molecule has 0 aliphatic carbocycles. The quantitative estimate of drug-likeness (QED) is 0.588. The molecule has 4 heteroatoms. The van der Waals surface area contributed by atoms with Crippen molar-refractivity contribution in [3.05, 3.63) is 23.8 Å². The number of alkyl halides is 1. The van der Waals surface area contributed by atoms with Gasteiger partial charge in [0.25, 0.3) is 0 Å². The lowest BCUT2D eigenvalue weighted by Gasteiger charge is -2.10. The largest absolute Gasteiger partial charge is 0.497 e. The summed E-state index contributed by atoms with van der Waals surface area (Å²) in [5.41, 5.74) is 1.14. The lowest BCUT2D eigenvalue weighted by Crippen LogP contribution is -2.19. The lowest BCUT2D eigenvalue weighted by molar-refractivity contribution is 0.398. The topological polar surface area (TPSA) is 30.5 Å². The number of ether oxygens (including phenoxy) is 2. The number of benzene rings is 1. The molecule has 90 valence electrons. The average Bonchev–Trinajstić information content (AvgIpc) is 2.34. The van der Waals surface area contributed by atoms with E-state index in [1.54, 1.807) is 14.2 Å². The highest BCUT2D eigenvalue weighted by molar-refractivity contribution is 6.18. The van der Waals surface area contributed by atoms with Crippen LogP contribution in [0.3, 0.4) is 0 Å². The van der Waals surface area contributed by atoms with E-state index in [-0.39, 0.29) is 0 Å². The van der Waals surface area contributed by atoms with E-state index in [1.165, 1.54) is 0 Å². The maximum absolute atomic E-state index is 5.58. The minimum atomic E-state index is 0.634. The van der Waals surface area contributed by atoms with Crippen molar-refractivity contribution in [3.63, 3.8) is 0 Å². The molecule has 0 saturated heterocycles. The zero-order valence-corrected chi connectivity index (χ0v) is 10.5. The molecule has 0 fully saturated rings. The van der Waals surface area contributed by atoms with Gasteiger partial charge >= 0.3 is 0 Å². The fraction of sp³-hybridized carbons (Fsp3) is 0.500. The van der Waals surface area contributed by atoms with Gasteiger partial charge in [-0.25, -0.2) is 0 Å². The molecule has 0 heterocycles. The summed E-state index contributed by atoms with van der Waals surface area (Å²) in [4.78, 5) is 0.